The molecule has 0 aliphatic carbocycles. The number of hydrogen-bond donors (Lipinski definition) is 0. The van der Waals surface area contributed by atoms with Crippen molar-refractivity contribution in [2.45, 2.75) is 25.1 Å². The molecule has 3 aromatic rings. The number of aromatic nitrogens is 2. The van der Waals surface area contributed by atoms with Gasteiger partial charge in [0.05, 0.1) is 11.5 Å². The molecular weight excluding hydrogens is 399 g/mol. The minimum absolute atomic E-state index is 0.0849. The van der Waals surface area contributed by atoms with Gasteiger partial charge in [0.25, 0.3) is 5.91 Å². The first-order chi connectivity index (χ1) is 14.3. The Morgan fingerprint density at radius 2 is 1.90 bits per heavy atom. The van der Waals surface area contributed by atoms with Crippen LogP contribution in [0.4, 0.5) is 13.2 Å². The van der Waals surface area contributed by atoms with Crippen molar-refractivity contribution in [2.75, 3.05) is 13.1 Å². The average molecular weight is 417 g/mol. The van der Waals surface area contributed by atoms with E-state index in [-0.39, 0.29) is 23.2 Å². The summed E-state index contributed by atoms with van der Waals surface area (Å²) in [7, 11) is 0. The summed E-state index contributed by atoms with van der Waals surface area (Å²) in [5.74, 6) is 0.667. The number of carbonyl (C=O) groups is 1. The third-order valence-corrected chi connectivity index (χ3v) is 4.84. The summed E-state index contributed by atoms with van der Waals surface area (Å²) >= 11 is 0. The molecular formula is C21H18F3N3O3. The number of likely N-dealkylation sites (tertiary alicyclic amines) is 1. The first-order valence-electron chi connectivity index (χ1n) is 9.33. The molecule has 0 spiro atoms. The highest BCUT2D eigenvalue weighted by Gasteiger charge is 2.38. The summed E-state index contributed by atoms with van der Waals surface area (Å²) < 4.78 is 49.5. The van der Waals surface area contributed by atoms with Gasteiger partial charge in [0.15, 0.2) is 6.10 Å². The molecule has 1 fully saturated rings. The fourth-order valence-corrected chi connectivity index (χ4v) is 3.18. The van der Waals surface area contributed by atoms with Crippen LogP contribution >= 0.6 is 0 Å². The van der Waals surface area contributed by atoms with Crippen LogP contribution in [-0.4, -0.2) is 40.1 Å². The quantitative estimate of drug-likeness (QED) is 0.624. The standard InChI is InChI=1S/C21H18F3N3O3/c1-13(29-17-8-3-2-4-9-17)20(28)27-11-15(12-27)19-25-18(26-30-19)14-6-5-7-16(10-14)21(22,23)24/h2-10,13,15H,11-12H2,1H3/t13-/m0/s1. The maximum Gasteiger partial charge on any atom is 0.416 e. The molecule has 1 amide bonds. The first-order valence-corrected chi connectivity index (χ1v) is 9.33. The first kappa shape index (κ1) is 19.9. The SMILES string of the molecule is C[C@H](Oc1ccccc1)C(=O)N1CC(c2nc(-c3cccc(C(F)(F)F)c3)no2)C1. The van der Waals surface area contributed by atoms with E-state index in [0.717, 1.165) is 12.1 Å². The van der Waals surface area contributed by atoms with E-state index in [4.69, 9.17) is 9.26 Å². The van der Waals surface area contributed by atoms with E-state index < -0.39 is 17.8 Å². The number of hydrogen-bond acceptors (Lipinski definition) is 5. The lowest BCUT2D eigenvalue weighted by Crippen LogP contribution is -2.52. The van der Waals surface area contributed by atoms with Crippen LogP contribution in [0.2, 0.25) is 0 Å². The Balaban J connectivity index is 1.37. The van der Waals surface area contributed by atoms with Crippen molar-refractivity contribution in [1.82, 2.24) is 15.0 Å². The van der Waals surface area contributed by atoms with Crippen LogP contribution in [0.25, 0.3) is 11.4 Å². The molecule has 0 saturated carbocycles. The van der Waals surface area contributed by atoms with Crippen LogP contribution in [-0.2, 0) is 11.0 Å². The largest absolute Gasteiger partial charge is 0.481 e. The molecule has 2 heterocycles. The Labute approximate surface area is 170 Å². The maximum absolute atomic E-state index is 12.9. The molecule has 156 valence electrons. The second-order valence-electron chi connectivity index (χ2n) is 7.05. The maximum atomic E-state index is 12.9. The zero-order chi connectivity index (χ0) is 21.3. The summed E-state index contributed by atoms with van der Waals surface area (Å²) in [5, 5.41) is 3.79. The minimum Gasteiger partial charge on any atom is -0.481 e. The van der Waals surface area contributed by atoms with E-state index in [0.29, 0.717) is 24.7 Å². The smallest absolute Gasteiger partial charge is 0.416 e. The predicted octanol–water partition coefficient (Wildman–Crippen LogP) is 4.15. The zero-order valence-electron chi connectivity index (χ0n) is 16.0. The molecule has 1 aromatic heterocycles. The van der Waals surface area contributed by atoms with Crippen LogP contribution in [0.5, 0.6) is 5.75 Å². The summed E-state index contributed by atoms with van der Waals surface area (Å²) in [6.45, 7) is 2.44. The second kappa shape index (κ2) is 7.81. The molecule has 1 aliphatic heterocycles. The molecule has 9 heteroatoms. The van der Waals surface area contributed by atoms with E-state index in [1.807, 2.05) is 18.2 Å². The number of halogens is 3. The lowest BCUT2D eigenvalue weighted by Gasteiger charge is -2.38. The molecule has 1 saturated heterocycles. The van der Waals surface area contributed by atoms with Crippen LogP contribution in [0.1, 0.15) is 24.3 Å². The van der Waals surface area contributed by atoms with Crippen molar-refractivity contribution in [2.24, 2.45) is 0 Å². The van der Waals surface area contributed by atoms with Crippen LogP contribution < -0.4 is 4.74 Å². The van der Waals surface area contributed by atoms with Gasteiger partial charge < -0.3 is 14.2 Å². The third-order valence-electron chi connectivity index (χ3n) is 4.84. The molecule has 30 heavy (non-hydrogen) atoms. The zero-order valence-corrected chi connectivity index (χ0v) is 16.0. The Morgan fingerprint density at radius 3 is 2.60 bits per heavy atom. The Hall–Kier alpha value is -3.36. The molecule has 4 rings (SSSR count). The number of alkyl halides is 3. The fraction of sp³-hybridized carbons (Fsp3) is 0.286. The number of nitrogens with zero attached hydrogens (tertiary/aromatic N) is 3. The van der Waals surface area contributed by atoms with Gasteiger partial charge in [0.1, 0.15) is 5.75 Å². The van der Waals surface area contributed by atoms with E-state index in [1.54, 1.807) is 24.0 Å². The molecule has 0 radical (unpaired) electrons. The summed E-state index contributed by atoms with van der Waals surface area (Å²) in [6, 6.07) is 13.8. The van der Waals surface area contributed by atoms with E-state index in [9.17, 15) is 18.0 Å². The Kier molecular flexibility index (Phi) is 5.19. The predicted molar refractivity (Wildman–Crippen MR) is 101 cm³/mol. The van der Waals surface area contributed by atoms with Crippen molar-refractivity contribution >= 4 is 5.91 Å². The Morgan fingerprint density at radius 1 is 1.17 bits per heavy atom. The number of carbonyl (C=O) groups excluding carboxylic acids is 1. The van der Waals surface area contributed by atoms with Crippen LogP contribution in [0, 0.1) is 0 Å². The molecule has 0 bridgehead atoms. The van der Waals surface area contributed by atoms with Crippen molar-refractivity contribution in [3.05, 3.63) is 66.1 Å². The van der Waals surface area contributed by atoms with Gasteiger partial charge in [0, 0.05) is 18.7 Å². The van der Waals surface area contributed by atoms with Crippen LogP contribution in [0.15, 0.2) is 59.1 Å². The van der Waals surface area contributed by atoms with Gasteiger partial charge in [-0.2, -0.15) is 18.2 Å². The van der Waals surface area contributed by atoms with Crippen molar-refractivity contribution in [3.8, 4) is 17.1 Å². The summed E-state index contributed by atoms with van der Waals surface area (Å²) in [4.78, 5) is 18.3. The Bertz CT molecular complexity index is 1030. The fourth-order valence-electron chi connectivity index (χ4n) is 3.18. The van der Waals surface area contributed by atoms with Crippen molar-refractivity contribution < 1.29 is 27.2 Å². The minimum atomic E-state index is -4.45. The van der Waals surface area contributed by atoms with Gasteiger partial charge in [-0.05, 0) is 31.2 Å². The molecule has 2 aromatic carbocycles. The molecule has 0 N–H and O–H groups in total. The molecule has 1 aliphatic rings. The van der Waals surface area contributed by atoms with E-state index in [2.05, 4.69) is 10.1 Å². The number of rotatable bonds is 5. The molecule has 6 nitrogen and oxygen atoms in total. The lowest BCUT2D eigenvalue weighted by atomic mass is 9.99. The highest BCUT2D eigenvalue weighted by atomic mass is 19.4. The van der Waals surface area contributed by atoms with Gasteiger partial charge in [-0.15, -0.1) is 0 Å². The molecule has 0 unspecified atom stereocenters. The average Bonchev–Trinajstić information content (AvgIpc) is 3.16. The molecule has 1 atom stereocenters. The highest BCUT2D eigenvalue weighted by molar-refractivity contribution is 5.81. The van der Waals surface area contributed by atoms with Gasteiger partial charge >= 0.3 is 6.18 Å². The normalized spacial score (nSPS) is 15.5. The van der Waals surface area contributed by atoms with Gasteiger partial charge in [-0.3, -0.25) is 4.79 Å². The summed E-state index contributed by atoms with van der Waals surface area (Å²) in [5.41, 5.74) is -0.559. The number of ether oxygens (including phenoxy) is 1. The lowest BCUT2D eigenvalue weighted by molar-refractivity contribution is -0.143. The highest BCUT2D eigenvalue weighted by Crippen LogP contribution is 2.33. The topological polar surface area (TPSA) is 68.5 Å². The van der Waals surface area contributed by atoms with Gasteiger partial charge in [-0.25, -0.2) is 0 Å². The van der Waals surface area contributed by atoms with E-state index >= 15 is 0 Å². The van der Waals surface area contributed by atoms with Gasteiger partial charge in [-0.1, -0.05) is 35.5 Å². The van der Waals surface area contributed by atoms with Gasteiger partial charge in [0.2, 0.25) is 11.7 Å². The van der Waals surface area contributed by atoms with Crippen molar-refractivity contribution in [3.63, 3.8) is 0 Å². The monoisotopic (exact) mass is 417 g/mol. The van der Waals surface area contributed by atoms with E-state index in [1.165, 1.54) is 12.1 Å². The van der Waals surface area contributed by atoms with Crippen molar-refractivity contribution in [1.29, 1.82) is 0 Å². The third kappa shape index (κ3) is 4.14. The van der Waals surface area contributed by atoms with Crippen LogP contribution in [0.3, 0.4) is 0 Å². The summed E-state index contributed by atoms with van der Waals surface area (Å²) in [6.07, 6.45) is -5.09. The number of amides is 1. The number of benzene rings is 2. The number of para-hydroxylation sites is 1. The second-order valence-corrected chi connectivity index (χ2v) is 7.05.